The number of rotatable bonds is 7. The minimum Gasteiger partial charge on any atom is -0.330 e. The van der Waals surface area contributed by atoms with Crippen molar-refractivity contribution in [3.8, 4) is 0 Å². The highest BCUT2D eigenvalue weighted by Crippen LogP contribution is 2.28. The van der Waals surface area contributed by atoms with Crippen LogP contribution in [0.3, 0.4) is 0 Å². The zero-order valence-electron chi connectivity index (χ0n) is 9.19. The molecule has 0 unspecified atom stereocenters. The maximum absolute atomic E-state index is 5.53. The number of unbranched alkanes of at least 4 members (excludes halogenated alkanes) is 1. The van der Waals surface area contributed by atoms with Gasteiger partial charge in [-0.25, -0.2) is 0 Å². The SMILES string of the molecule is NCCCCN(Cc1ccsc1)C1CC1. The van der Waals surface area contributed by atoms with Crippen LogP contribution in [0.2, 0.25) is 0 Å². The second-order valence-corrected chi connectivity index (χ2v) is 5.11. The van der Waals surface area contributed by atoms with Gasteiger partial charge in [-0.15, -0.1) is 0 Å². The zero-order chi connectivity index (χ0) is 10.5. The fourth-order valence-electron chi connectivity index (χ4n) is 1.91. The minimum absolute atomic E-state index is 0.830. The van der Waals surface area contributed by atoms with Crippen molar-refractivity contribution >= 4 is 11.3 Å². The first-order valence-corrected chi connectivity index (χ1v) is 6.79. The van der Waals surface area contributed by atoms with Crippen LogP contribution in [0.25, 0.3) is 0 Å². The van der Waals surface area contributed by atoms with Gasteiger partial charge in [0.25, 0.3) is 0 Å². The molecule has 2 nitrogen and oxygen atoms in total. The van der Waals surface area contributed by atoms with Crippen LogP contribution in [-0.2, 0) is 6.54 Å². The summed E-state index contributed by atoms with van der Waals surface area (Å²) < 4.78 is 0. The van der Waals surface area contributed by atoms with E-state index in [1.807, 2.05) is 0 Å². The third kappa shape index (κ3) is 3.59. The maximum atomic E-state index is 5.53. The molecule has 1 aliphatic carbocycles. The Kier molecular flexibility index (Phi) is 4.18. The molecular weight excluding hydrogens is 204 g/mol. The first-order valence-electron chi connectivity index (χ1n) is 5.85. The molecule has 0 saturated heterocycles. The Bertz CT molecular complexity index is 267. The molecule has 3 heteroatoms. The molecule has 1 fully saturated rings. The molecule has 1 aromatic heterocycles. The van der Waals surface area contributed by atoms with Crippen molar-refractivity contribution in [3.05, 3.63) is 22.4 Å². The van der Waals surface area contributed by atoms with Crippen molar-refractivity contribution in [2.45, 2.75) is 38.3 Å². The van der Waals surface area contributed by atoms with Gasteiger partial charge in [-0.05, 0) is 61.2 Å². The molecule has 0 radical (unpaired) electrons. The zero-order valence-corrected chi connectivity index (χ0v) is 10.0. The number of nitrogens with two attached hydrogens (primary N) is 1. The van der Waals surface area contributed by atoms with E-state index >= 15 is 0 Å². The molecule has 1 heterocycles. The van der Waals surface area contributed by atoms with Crippen LogP contribution >= 0.6 is 11.3 Å². The van der Waals surface area contributed by atoms with Gasteiger partial charge >= 0.3 is 0 Å². The lowest BCUT2D eigenvalue weighted by molar-refractivity contribution is 0.250. The molecule has 2 N–H and O–H groups in total. The molecule has 84 valence electrons. The summed E-state index contributed by atoms with van der Waals surface area (Å²) in [6, 6.07) is 3.10. The molecule has 0 spiro atoms. The molecule has 2 rings (SSSR count). The summed E-state index contributed by atoms with van der Waals surface area (Å²) in [5, 5.41) is 4.43. The van der Waals surface area contributed by atoms with E-state index in [-0.39, 0.29) is 0 Å². The van der Waals surface area contributed by atoms with Crippen molar-refractivity contribution in [1.82, 2.24) is 4.90 Å². The van der Waals surface area contributed by atoms with E-state index in [9.17, 15) is 0 Å². The van der Waals surface area contributed by atoms with Gasteiger partial charge < -0.3 is 5.73 Å². The van der Waals surface area contributed by atoms with Gasteiger partial charge in [0.05, 0.1) is 0 Å². The molecule has 0 atom stereocenters. The molecule has 0 aromatic carbocycles. The summed E-state index contributed by atoms with van der Waals surface area (Å²) in [5.74, 6) is 0. The molecule has 1 saturated carbocycles. The molecule has 1 aliphatic rings. The largest absolute Gasteiger partial charge is 0.330 e. The third-order valence-corrected chi connectivity index (χ3v) is 3.66. The second-order valence-electron chi connectivity index (χ2n) is 4.33. The molecule has 15 heavy (non-hydrogen) atoms. The summed E-state index contributed by atoms with van der Waals surface area (Å²) in [4.78, 5) is 2.62. The van der Waals surface area contributed by atoms with Crippen LogP contribution in [0.15, 0.2) is 16.8 Å². The number of nitrogens with zero attached hydrogens (tertiary/aromatic N) is 1. The quantitative estimate of drug-likeness (QED) is 0.721. The van der Waals surface area contributed by atoms with Crippen molar-refractivity contribution < 1.29 is 0 Å². The van der Waals surface area contributed by atoms with Gasteiger partial charge in [0.15, 0.2) is 0 Å². The van der Waals surface area contributed by atoms with Gasteiger partial charge in [0, 0.05) is 12.6 Å². The summed E-state index contributed by atoms with van der Waals surface area (Å²) in [6.45, 7) is 3.19. The lowest BCUT2D eigenvalue weighted by Crippen LogP contribution is -2.26. The topological polar surface area (TPSA) is 29.3 Å². The van der Waals surface area contributed by atoms with E-state index in [0.29, 0.717) is 0 Å². The third-order valence-electron chi connectivity index (χ3n) is 2.93. The van der Waals surface area contributed by atoms with Gasteiger partial charge in [-0.2, -0.15) is 11.3 Å². The van der Waals surface area contributed by atoms with Crippen LogP contribution in [0.4, 0.5) is 0 Å². The Morgan fingerprint density at radius 1 is 1.40 bits per heavy atom. The predicted octanol–water partition coefficient (Wildman–Crippen LogP) is 2.45. The summed E-state index contributed by atoms with van der Waals surface area (Å²) in [7, 11) is 0. The van der Waals surface area contributed by atoms with Crippen LogP contribution in [0.1, 0.15) is 31.2 Å². The van der Waals surface area contributed by atoms with Crippen molar-refractivity contribution in [1.29, 1.82) is 0 Å². The first-order chi connectivity index (χ1) is 7.40. The van der Waals surface area contributed by atoms with Crippen LogP contribution in [0.5, 0.6) is 0 Å². The number of thiophene rings is 1. The van der Waals surface area contributed by atoms with Crippen molar-refractivity contribution in [2.24, 2.45) is 5.73 Å². The monoisotopic (exact) mass is 224 g/mol. The highest BCUT2D eigenvalue weighted by atomic mass is 32.1. The standard InChI is InChI=1S/C12H20N2S/c13-6-1-2-7-14(12-3-4-12)9-11-5-8-15-10-11/h5,8,10,12H,1-4,6-7,9,13H2. The Morgan fingerprint density at radius 3 is 2.87 bits per heavy atom. The lowest BCUT2D eigenvalue weighted by Gasteiger charge is -2.21. The summed E-state index contributed by atoms with van der Waals surface area (Å²) in [5.41, 5.74) is 7.00. The Hall–Kier alpha value is -0.380. The maximum Gasteiger partial charge on any atom is 0.0244 e. The molecule has 0 aliphatic heterocycles. The van der Waals surface area contributed by atoms with E-state index < -0.39 is 0 Å². The normalized spacial score (nSPS) is 16.1. The number of hydrogen-bond donors (Lipinski definition) is 1. The van der Waals surface area contributed by atoms with E-state index in [4.69, 9.17) is 5.73 Å². The van der Waals surface area contributed by atoms with Gasteiger partial charge in [-0.1, -0.05) is 0 Å². The van der Waals surface area contributed by atoms with Gasteiger partial charge in [0.2, 0.25) is 0 Å². The average molecular weight is 224 g/mol. The molecular formula is C12H20N2S. The fraction of sp³-hybridized carbons (Fsp3) is 0.667. The van der Waals surface area contributed by atoms with Gasteiger partial charge in [-0.3, -0.25) is 4.90 Å². The smallest absolute Gasteiger partial charge is 0.0244 e. The summed E-state index contributed by atoms with van der Waals surface area (Å²) >= 11 is 1.80. The van der Waals surface area contributed by atoms with Crippen LogP contribution in [-0.4, -0.2) is 24.0 Å². The van der Waals surface area contributed by atoms with E-state index in [1.165, 1.54) is 31.4 Å². The predicted molar refractivity (Wildman–Crippen MR) is 66.0 cm³/mol. The molecule has 0 amide bonds. The minimum atomic E-state index is 0.830. The van der Waals surface area contributed by atoms with E-state index in [0.717, 1.165) is 25.6 Å². The van der Waals surface area contributed by atoms with Crippen molar-refractivity contribution in [3.63, 3.8) is 0 Å². The highest BCUT2D eigenvalue weighted by molar-refractivity contribution is 7.07. The Balaban J connectivity index is 1.78. The highest BCUT2D eigenvalue weighted by Gasteiger charge is 2.28. The number of hydrogen-bond acceptors (Lipinski definition) is 3. The molecule has 0 bridgehead atoms. The Labute approximate surface area is 96.1 Å². The van der Waals surface area contributed by atoms with Crippen LogP contribution in [0, 0.1) is 0 Å². The van der Waals surface area contributed by atoms with Crippen molar-refractivity contribution in [2.75, 3.05) is 13.1 Å². The van der Waals surface area contributed by atoms with Crippen LogP contribution < -0.4 is 5.73 Å². The summed E-state index contributed by atoms with van der Waals surface area (Å²) in [6.07, 6.45) is 5.20. The van der Waals surface area contributed by atoms with Gasteiger partial charge in [0.1, 0.15) is 0 Å². The molecule has 1 aromatic rings. The van der Waals surface area contributed by atoms with E-state index in [1.54, 1.807) is 11.3 Å². The van der Waals surface area contributed by atoms with E-state index in [2.05, 4.69) is 21.7 Å². The average Bonchev–Trinajstić information content (AvgIpc) is 2.97. The lowest BCUT2D eigenvalue weighted by atomic mass is 10.2. The fourth-order valence-corrected chi connectivity index (χ4v) is 2.57. The second kappa shape index (κ2) is 5.64. The first kappa shape index (κ1) is 11.1. The Morgan fingerprint density at radius 2 is 2.27 bits per heavy atom.